The Bertz CT molecular complexity index is 674. The van der Waals surface area contributed by atoms with Gasteiger partial charge in [0.1, 0.15) is 6.04 Å². The lowest BCUT2D eigenvalue weighted by atomic mass is 10.0. The average Bonchev–Trinajstić information content (AvgIpc) is 2.53. The van der Waals surface area contributed by atoms with Crippen molar-refractivity contribution in [3.8, 4) is 0 Å². The Morgan fingerprint density at radius 1 is 1.00 bits per heavy atom. The van der Waals surface area contributed by atoms with Gasteiger partial charge in [0.25, 0.3) is 0 Å². The highest BCUT2D eigenvalue weighted by atomic mass is 35.5. The van der Waals surface area contributed by atoms with Crippen molar-refractivity contribution in [3.05, 3.63) is 70.7 Å². The van der Waals surface area contributed by atoms with Gasteiger partial charge in [-0.05, 0) is 30.2 Å². The summed E-state index contributed by atoms with van der Waals surface area (Å²) in [6.07, 6.45) is 0. The van der Waals surface area contributed by atoms with Gasteiger partial charge in [-0.2, -0.15) is 0 Å². The van der Waals surface area contributed by atoms with Gasteiger partial charge >= 0.3 is 6.03 Å². The molecule has 2 aromatic carbocycles. The topological polar surface area (TPSA) is 84.2 Å². The minimum absolute atomic E-state index is 0.129. The summed E-state index contributed by atoms with van der Waals surface area (Å²) in [6.45, 7) is 1.93. The van der Waals surface area contributed by atoms with E-state index < -0.39 is 18.0 Å². The number of nitrogens with one attached hydrogen (secondary N) is 2. The summed E-state index contributed by atoms with van der Waals surface area (Å²) in [6, 6.07) is 14.8. The maximum absolute atomic E-state index is 12.3. The first-order valence-electron chi connectivity index (χ1n) is 7.14. The standard InChI is InChI=1S/C17H18ClN3O2/c1-11(12-7-9-14(18)10-8-12)20-15(16(22)21-17(19)23)13-5-3-2-4-6-13/h2-11,15,20H,1H3,(H3,19,21,22,23)/t11-,15+/m0/s1. The van der Waals surface area contributed by atoms with Gasteiger partial charge in [0.15, 0.2) is 0 Å². The molecule has 2 aromatic rings. The molecule has 0 spiro atoms. The number of carbonyl (C=O) groups is 2. The molecule has 0 bridgehead atoms. The van der Waals surface area contributed by atoms with Crippen LogP contribution in [0, 0.1) is 0 Å². The van der Waals surface area contributed by atoms with Crippen LogP contribution in [0.4, 0.5) is 4.79 Å². The molecule has 6 heteroatoms. The van der Waals surface area contributed by atoms with Crippen molar-refractivity contribution in [2.45, 2.75) is 19.0 Å². The first kappa shape index (κ1) is 17.0. The summed E-state index contributed by atoms with van der Waals surface area (Å²) in [5.41, 5.74) is 6.77. The molecule has 0 unspecified atom stereocenters. The smallest absolute Gasteiger partial charge is 0.318 e. The third kappa shape index (κ3) is 4.81. The molecule has 0 saturated carbocycles. The molecule has 5 nitrogen and oxygen atoms in total. The monoisotopic (exact) mass is 331 g/mol. The molecule has 0 aromatic heterocycles. The normalized spacial score (nSPS) is 13.1. The SMILES string of the molecule is C[C@H](N[C@@H](C(=O)NC(N)=O)c1ccccc1)c1ccc(Cl)cc1. The van der Waals surface area contributed by atoms with Crippen LogP contribution in [-0.4, -0.2) is 11.9 Å². The Morgan fingerprint density at radius 3 is 2.17 bits per heavy atom. The van der Waals surface area contributed by atoms with Crippen LogP contribution < -0.4 is 16.4 Å². The second-order valence-corrected chi connectivity index (χ2v) is 5.57. The molecule has 0 aliphatic carbocycles. The number of amides is 3. The Labute approximate surface area is 139 Å². The zero-order valence-electron chi connectivity index (χ0n) is 12.6. The third-order valence-electron chi connectivity index (χ3n) is 3.43. The summed E-state index contributed by atoms with van der Waals surface area (Å²) >= 11 is 5.89. The van der Waals surface area contributed by atoms with Gasteiger partial charge < -0.3 is 5.73 Å². The minimum atomic E-state index is -0.878. The molecule has 0 aliphatic heterocycles. The molecule has 0 aliphatic rings. The van der Waals surface area contributed by atoms with Crippen LogP contribution in [0.2, 0.25) is 5.02 Å². The van der Waals surface area contributed by atoms with Gasteiger partial charge in [-0.3, -0.25) is 15.4 Å². The lowest BCUT2D eigenvalue weighted by Gasteiger charge is -2.23. The zero-order chi connectivity index (χ0) is 16.8. The van der Waals surface area contributed by atoms with Crippen molar-refractivity contribution in [1.82, 2.24) is 10.6 Å². The quantitative estimate of drug-likeness (QED) is 0.787. The van der Waals surface area contributed by atoms with E-state index in [2.05, 4.69) is 10.6 Å². The number of primary amides is 1. The van der Waals surface area contributed by atoms with E-state index in [1.165, 1.54) is 0 Å². The number of nitrogens with two attached hydrogens (primary N) is 1. The average molecular weight is 332 g/mol. The van der Waals surface area contributed by atoms with Crippen molar-refractivity contribution in [1.29, 1.82) is 0 Å². The largest absolute Gasteiger partial charge is 0.351 e. The Balaban J connectivity index is 2.21. The summed E-state index contributed by atoms with van der Waals surface area (Å²) in [7, 11) is 0. The van der Waals surface area contributed by atoms with Crippen molar-refractivity contribution >= 4 is 23.5 Å². The Hall–Kier alpha value is -2.37. The van der Waals surface area contributed by atoms with E-state index in [0.717, 1.165) is 11.1 Å². The van der Waals surface area contributed by atoms with Crippen molar-refractivity contribution in [2.75, 3.05) is 0 Å². The molecule has 0 fully saturated rings. The molecule has 0 radical (unpaired) electrons. The predicted octanol–water partition coefficient (Wildman–Crippen LogP) is 2.93. The minimum Gasteiger partial charge on any atom is -0.351 e. The number of hydrogen-bond donors (Lipinski definition) is 3. The number of carbonyl (C=O) groups excluding carboxylic acids is 2. The summed E-state index contributed by atoms with van der Waals surface area (Å²) < 4.78 is 0. The number of imide groups is 1. The van der Waals surface area contributed by atoms with Crippen LogP contribution in [0.5, 0.6) is 0 Å². The van der Waals surface area contributed by atoms with Crippen LogP contribution >= 0.6 is 11.6 Å². The molecule has 120 valence electrons. The number of rotatable bonds is 5. The Kier molecular flexibility index (Phi) is 5.73. The summed E-state index contributed by atoms with van der Waals surface area (Å²) in [5, 5.41) is 5.98. The molecule has 4 N–H and O–H groups in total. The van der Waals surface area contributed by atoms with Gasteiger partial charge in [0.05, 0.1) is 0 Å². The number of urea groups is 1. The second kappa shape index (κ2) is 7.76. The van der Waals surface area contributed by atoms with Crippen molar-refractivity contribution in [2.24, 2.45) is 5.73 Å². The highest BCUT2D eigenvalue weighted by Crippen LogP contribution is 2.21. The van der Waals surface area contributed by atoms with Crippen LogP contribution in [0.25, 0.3) is 0 Å². The van der Waals surface area contributed by atoms with Crippen LogP contribution in [0.15, 0.2) is 54.6 Å². The van der Waals surface area contributed by atoms with Crippen LogP contribution in [-0.2, 0) is 4.79 Å². The predicted molar refractivity (Wildman–Crippen MR) is 89.9 cm³/mol. The van der Waals surface area contributed by atoms with Gasteiger partial charge in [-0.25, -0.2) is 4.79 Å². The fourth-order valence-corrected chi connectivity index (χ4v) is 2.39. The molecule has 3 amide bonds. The van der Waals surface area contributed by atoms with Gasteiger partial charge in [0.2, 0.25) is 5.91 Å². The fraction of sp³-hybridized carbons (Fsp3) is 0.176. The lowest BCUT2D eigenvalue weighted by Crippen LogP contribution is -2.43. The maximum Gasteiger partial charge on any atom is 0.318 e. The lowest BCUT2D eigenvalue weighted by molar-refractivity contribution is -0.122. The molecule has 2 rings (SSSR count). The van der Waals surface area contributed by atoms with E-state index in [-0.39, 0.29) is 6.04 Å². The van der Waals surface area contributed by atoms with Gasteiger partial charge in [0, 0.05) is 11.1 Å². The highest BCUT2D eigenvalue weighted by Gasteiger charge is 2.23. The van der Waals surface area contributed by atoms with E-state index >= 15 is 0 Å². The molecule has 0 heterocycles. The van der Waals surface area contributed by atoms with Crippen LogP contribution in [0.1, 0.15) is 30.1 Å². The molecular weight excluding hydrogens is 314 g/mol. The maximum atomic E-state index is 12.3. The van der Waals surface area contributed by atoms with Crippen molar-refractivity contribution < 1.29 is 9.59 Å². The fourth-order valence-electron chi connectivity index (χ4n) is 2.26. The van der Waals surface area contributed by atoms with Crippen molar-refractivity contribution in [3.63, 3.8) is 0 Å². The van der Waals surface area contributed by atoms with E-state index in [1.54, 1.807) is 12.1 Å². The molecular formula is C17H18ClN3O2. The molecule has 23 heavy (non-hydrogen) atoms. The number of hydrogen-bond acceptors (Lipinski definition) is 3. The van der Waals surface area contributed by atoms with E-state index in [0.29, 0.717) is 5.02 Å². The van der Waals surface area contributed by atoms with Gasteiger partial charge in [-0.15, -0.1) is 0 Å². The van der Waals surface area contributed by atoms with E-state index in [9.17, 15) is 9.59 Å². The third-order valence-corrected chi connectivity index (χ3v) is 3.68. The molecule has 2 atom stereocenters. The van der Waals surface area contributed by atoms with Gasteiger partial charge in [-0.1, -0.05) is 54.1 Å². The summed E-state index contributed by atoms with van der Waals surface area (Å²) in [4.78, 5) is 23.3. The van der Waals surface area contributed by atoms with Crippen LogP contribution in [0.3, 0.4) is 0 Å². The number of benzene rings is 2. The zero-order valence-corrected chi connectivity index (χ0v) is 13.4. The second-order valence-electron chi connectivity index (χ2n) is 5.14. The van der Waals surface area contributed by atoms with E-state index in [1.807, 2.05) is 49.4 Å². The number of halogens is 1. The summed E-state index contributed by atoms with van der Waals surface area (Å²) in [5.74, 6) is -0.496. The Morgan fingerprint density at radius 2 is 1.61 bits per heavy atom. The first-order valence-corrected chi connectivity index (χ1v) is 7.52. The molecule has 0 saturated heterocycles. The first-order chi connectivity index (χ1) is 11.0. The van der Waals surface area contributed by atoms with E-state index in [4.69, 9.17) is 17.3 Å². The highest BCUT2D eigenvalue weighted by molar-refractivity contribution is 6.30.